The second kappa shape index (κ2) is 7.85. The minimum atomic E-state index is -0.864. The van der Waals surface area contributed by atoms with Crippen molar-refractivity contribution in [3.63, 3.8) is 0 Å². The molecule has 3 aromatic carbocycles. The van der Waals surface area contributed by atoms with E-state index in [2.05, 4.69) is 31.9 Å². The molecule has 0 unspecified atom stereocenters. The molecule has 2 atom stereocenters. The summed E-state index contributed by atoms with van der Waals surface area (Å²) >= 11 is 8.66. The third kappa shape index (κ3) is 3.34. The number of amidine groups is 1. The van der Waals surface area contributed by atoms with E-state index in [9.17, 15) is 4.79 Å². The monoisotopic (exact) mass is 514 g/mol. The number of benzene rings is 3. The lowest BCUT2D eigenvalue weighted by Crippen LogP contribution is -2.46. The summed E-state index contributed by atoms with van der Waals surface area (Å²) in [4.78, 5) is 15.3. The zero-order valence-corrected chi connectivity index (χ0v) is 18.7. The van der Waals surface area contributed by atoms with Crippen molar-refractivity contribution in [2.45, 2.75) is 9.70 Å². The first-order valence-corrected chi connectivity index (χ1v) is 11.1. The van der Waals surface area contributed by atoms with E-state index in [1.807, 2.05) is 89.8 Å². The predicted molar refractivity (Wildman–Crippen MR) is 124 cm³/mol. The Morgan fingerprint density at radius 3 is 2.11 bits per heavy atom. The lowest BCUT2D eigenvalue weighted by Gasteiger charge is -2.37. The van der Waals surface area contributed by atoms with Crippen molar-refractivity contribution in [1.29, 1.82) is 5.41 Å². The van der Waals surface area contributed by atoms with Crippen LogP contribution in [0.1, 0.15) is 15.9 Å². The molecule has 1 aliphatic heterocycles. The van der Waals surface area contributed by atoms with Gasteiger partial charge in [0, 0.05) is 15.7 Å². The number of ketones is 1. The van der Waals surface area contributed by atoms with Crippen molar-refractivity contribution in [2.75, 3.05) is 4.90 Å². The second-order valence-corrected chi connectivity index (χ2v) is 9.60. The number of hydrogen-bond acceptors (Lipinski definition) is 3. The largest absolute Gasteiger partial charge is 0.300 e. The molecule has 1 N–H and O–H groups in total. The van der Waals surface area contributed by atoms with Crippen molar-refractivity contribution >= 4 is 60.3 Å². The molecule has 0 saturated carbocycles. The molecule has 0 aromatic heterocycles. The number of carbonyl (C=O) groups is 1. The number of anilines is 1. The van der Waals surface area contributed by atoms with E-state index >= 15 is 0 Å². The fourth-order valence-electron chi connectivity index (χ4n) is 3.34. The molecule has 1 aliphatic rings. The molecule has 0 amide bonds. The van der Waals surface area contributed by atoms with E-state index in [0.717, 1.165) is 15.7 Å². The van der Waals surface area contributed by atoms with Gasteiger partial charge in [-0.25, -0.2) is 0 Å². The molecule has 1 heterocycles. The summed E-state index contributed by atoms with van der Waals surface area (Å²) in [6, 6.07) is 26.9. The molecule has 4 rings (SSSR count). The molecule has 28 heavy (non-hydrogen) atoms. The van der Waals surface area contributed by atoms with Crippen LogP contribution in [0.3, 0.4) is 0 Å². The maximum Gasteiger partial charge on any atom is 0.179 e. The molecule has 6 heteroatoms. The number of Topliss-reactive ketones (excluding diaryl/α,β-unsaturated/α-hetero) is 1. The van der Waals surface area contributed by atoms with Crippen molar-refractivity contribution in [1.82, 2.24) is 0 Å². The van der Waals surface area contributed by atoms with Crippen LogP contribution in [-0.4, -0.2) is 16.2 Å². The number of carbonyl (C=O) groups excluding carboxylic acids is 1. The van der Waals surface area contributed by atoms with E-state index in [1.165, 1.54) is 11.8 Å². The maximum atomic E-state index is 13.4. The number of hydrogen-bond donors (Lipinski definition) is 1. The molecule has 3 nitrogen and oxygen atoms in total. The summed E-state index contributed by atoms with van der Waals surface area (Å²) in [7, 11) is 0. The zero-order valence-electron chi connectivity index (χ0n) is 14.7. The fourth-order valence-corrected chi connectivity index (χ4v) is 6.07. The number of nitrogens with zero attached hydrogens (tertiary/aromatic N) is 1. The second-order valence-electron chi connectivity index (χ2n) is 6.38. The van der Waals surface area contributed by atoms with Crippen molar-refractivity contribution in [3.05, 3.63) is 101 Å². The van der Waals surface area contributed by atoms with Crippen LogP contribution in [0.25, 0.3) is 0 Å². The predicted octanol–water partition coefficient (Wildman–Crippen LogP) is 6.44. The van der Waals surface area contributed by atoms with E-state index in [-0.39, 0.29) is 5.78 Å². The third-order valence-corrected chi connectivity index (χ3v) is 7.96. The highest BCUT2D eigenvalue weighted by atomic mass is 79.9. The Hall–Kier alpha value is -1.89. The Morgan fingerprint density at radius 2 is 1.50 bits per heavy atom. The number of alkyl halides is 1. The quantitative estimate of drug-likeness (QED) is 0.247. The molecule has 140 valence electrons. The lowest BCUT2D eigenvalue weighted by molar-refractivity contribution is 0.0979. The van der Waals surface area contributed by atoms with Crippen molar-refractivity contribution < 1.29 is 4.79 Å². The lowest BCUT2D eigenvalue weighted by atomic mass is 9.95. The molecule has 0 radical (unpaired) electrons. The molecular formula is C22H16Br2N2OS. The van der Waals surface area contributed by atoms with Gasteiger partial charge < -0.3 is 0 Å². The molecular weight excluding hydrogens is 500 g/mol. The van der Waals surface area contributed by atoms with Crippen LogP contribution in [0.2, 0.25) is 0 Å². The first-order chi connectivity index (χ1) is 13.5. The van der Waals surface area contributed by atoms with E-state index in [1.54, 1.807) is 0 Å². The van der Waals surface area contributed by atoms with Gasteiger partial charge in [-0.3, -0.25) is 15.1 Å². The summed E-state index contributed by atoms with van der Waals surface area (Å²) < 4.78 is 0.1000. The first-order valence-electron chi connectivity index (χ1n) is 8.66. The number of thioether (sulfide) groups is 1. The molecule has 1 fully saturated rings. The third-order valence-electron chi connectivity index (χ3n) is 4.67. The highest BCUT2D eigenvalue weighted by Crippen LogP contribution is 2.53. The average Bonchev–Trinajstić information content (AvgIpc) is 3.01. The van der Waals surface area contributed by atoms with Gasteiger partial charge in [-0.15, -0.1) is 0 Å². The summed E-state index contributed by atoms with van der Waals surface area (Å²) in [5.41, 5.74) is 2.43. The molecule has 0 aliphatic carbocycles. The van der Waals surface area contributed by atoms with E-state index in [0.29, 0.717) is 10.7 Å². The van der Waals surface area contributed by atoms with Crippen LogP contribution in [0.15, 0.2) is 89.4 Å². The van der Waals surface area contributed by atoms with Gasteiger partial charge in [0.2, 0.25) is 0 Å². The van der Waals surface area contributed by atoms with Gasteiger partial charge in [0.05, 0.1) is 0 Å². The standard InChI is InChI=1S/C22H16Br2N2OS/c23-17-11-13-18(14-12-17)26-21(25)28-20(19(27)15-7-3-1-4-8-15)22(26,24)16-9-5-2-6-10-16/h1-14,20,25H/t20-,22-/m1/s1. The average molecular weight is 516 g/mol. The number of rotatable bonds is 4. The Bertz CT molecular complexity index is 1010. The van der Waals surface area contributed by atoms with Crippen LogP contribution in [0.5, 0.6) is 0 Å². The van der Waals surface area contributed by atoms with Crippen molar-refractivity contribution in [3.8, 4) is 0 Å². The van der Waals surface area contributed by atoms with Crippen LogP contribution in [-0.2, 0) is 4.45 Å². The van der Waals surface area contributed by atoms with Crippen molar-refractivity contribution in [2.24, 2.45) is 0 Å². The molecule has 0 spiro atoms. The van der Waals surface area contributed by atoms with Crippen LogP contribution in [0.4, 0.5) is 5.69 Å². The van der Waals surface area contributed by atoms with Crippen LogP contribution >= 0.6 is 43.6 Å². The van der Waals surface area contributed by atoms with Gasteiger partial charge in [0.15, 0.2) is 11.0 Å². The highest BCUT2D eigenvalue weighted by Gasteiger charge is 2.55. The Labute approximate surface area is 184 Å². The van der Waals surface area contributed by atoms with Gasteiger partial charge in [0.25, 0.3) is 0 Å². The Kier molecular flexibility index (Phi) is 5.45. The number of halogens is 2. The minimum absolute atomic E-state index is 0.00399. The maximum absolute atomic E-state index is 13.4. The molecule has 0 bridgehead atoms. The number of nitrogens with one attached hydrogen (secondary N) is 1. The fraction of sp³-hybridized carbons (Fsp3) is 0.0909. The Morgan fingerprint density at radius 1 is 0.929 bits per heavy atom. The highest BCUT2D eigenvalue weighted by molar-refractivity contribution is 9.10. The first kappa shape index (κ1) is 19.4. The summed E-state index contributed by atoms with van der Waals surface area (Å²) in [5, 5.41) is 8.51. The Balaban J connectivity index is 1.86. The minimum Gasteiger partial charge on any atom is -0.300 e. The smallest absolute Gasteiger partial charge is 0.179 e. The van der Waals surface area contributed by atoms with Gasteiger partial charge in [0.1, 0.15) is 9.70 Å². The van der Waals surface area contributed by atoms with Gasteiger partial charge in [-0.05, 0) is 29.8 Å². The molecule has 3 aromatic rings. The zero-order chi connectivity index (χ0) is 19.7. The van der Waals surface area contributed by atoms with Crippen LogP contribution in [0, 0.1) is 5.41 Å². The van der Waals surface area contributed by atoms with Gasteiger partial charge in [-0.2, -0.15) is 0 Å². The SMILES string of the molecule is N=C1S[C@H](C(=O)c2ccccc2)[C@@](Br)(c2ccccc2)N1c1ccc(Br)cc1. The van der Waals surface area contributed by atoms with E-state index in [4.69, 9.17) is 5.41 Å². The van der Waals surface area contributed by atoms with Crippen LogP contribution < -0.4 is 4.90 Å². The van der Waals surface area contributed by atoms with E-state index < -0.39 is 9.70 Å². The summed E-state index contributed by atoms with van der Waals surface area (Å²) in [6.45, 7) is 0. The van der Waals surface area contributed by atoms with Gasteiger partial charge in [-0.1, -0.05) is 104 Å². The normalized spacial score (nSPS) is 21.7. The topological polar surface area (TPSA) is 44.2 Å². The van der Waals surface area contributed by atoms with Gasteiger partial charge >= 0.3 is 0 Å². The molecule has 1 saturated heterocycles. The summed E-state index contributed by atoms with van der Waals surface area (Å²) in [5.74, 6) is -0.00399. The summed E-state index contributed by atoms with van der Waals surface area (Å²) in [6.07, 6.45) is 0.